The van der Waals surface area contributed by atoms with Gasteiger partial charge in [-0.2, -0.15) is 17.2 Å². The maximum atomic E-state index is 8.28. The summed E-state index contributed by atoms with van der Waals surface area (Å²) in [6, 6.07) is 37.5. The van der Waals surface area contributed by atoms with Crippen molar-refractivity contribution in [1.29, 1.82) is 0 Å². The molecule has 5 nitrogen and oxygen atoms in total. The molecule has 0 N–H and O–H groups in total. The molecule has 0 aliphatic carbocycles. The van der Waals surface area contributed by atoms with E-state index in [0.29, 0.717) is 17.5 Å². The minimum absolute atomic E-state index is 0. The summed E-state index contributed by atoms with van der Waals surface area (Å²) in [6.07, 6.45) is 6.45. The van der Waals surface area contributed by atoms with Crippen LogP contribution in [-0.2, 0) is 27.5 Å². The first-order valence-electron chi connectivity index (χ1n) is 15.7. The summed E-state index contributed by atoms with van der Waals surface area (Å²) in [7, 11) is 0. The van der Waals surface area contributed by atoms with Gasteiger partial charge in [0, 0.05) is 34.5 Å². The molecule has 0 atom stereocenters. The Morgan fingerprint density at radius 3 is 2.53 bits per heavy atom. The quantitative estimate of drug-likeness (QED) is 0.109. The third-order valence-corrected chi connectivity index (χ3v) is 8.16. The average Bonchev–Trinajstić information content (AvgIpc) is 3.54. The van der Waals surface area contributed by atoms with Crippen molar-refractivity contribution in [3.05, 3.63) is 132 Å². The van der Waals surface area contributed by atoms with Gasteiger partial charge < -0.3 is 9.30 Å². The fourth-order valence-electron chi connectivity index (χ4n) is 6.06. The molecule has 45 heavy (non-hydrogen) atoms. The first-order chi connectivity index (χ1) is 22.0. The number of para-hydroxylation sites is 1. The minimum atomic E-state index is 0. The van der Waals surface area contributed by atoms with E-state index in [-0.39, 0.29) is 21.1 Å². The summed E-state index contributed by atoms with van der Waals surface area (Å²) in [4.78, 5) is 4.77. The molecule has 0 aliphatic heterocycles. The van der Waals surface area contributed by atoms with E-state index in [4.69, 9.17) is 16.2 Å². The van der Waals surface area contributed by atoms with Gasteiger partial charge in [-0.15, -0.1) is 35.7 Å². The van der Waals surface area contributed by atoms with Crippen molar-refractivity contribution in [2.75, 3.05) is 0 Å². The molecule has 4 aromatic carbocycles. The van der Waals surface area contributed by atoms with Crippen molar-refractivity contribution in [3.8, 4) is 34.1 Å². The molecule has 0 amide bonds. The normalized spacial score (nSPS) is 11.5. The van der Waals surface area contributed by atoms with Gasteiger partial charge in [-0.1, -0.05) is 73.8 Å². The number of ether oxygens (including phenoxy) is 1. The van der Waals surface area contributed by atoms with Crippen LogP contribution in [0.5, 0.6) is 11.5 Å². The van der Waals surface area contributed by atoms with Gasteiger partial charge in [0.25, 0.3) is 0 Å². The first-order valence-corrected chi connectivity index (χ1v) is 15.2. The zero-order valence-electron chi connectivity index (χ0n) is 26.6. The van der Waals surface area contributed by atoms with Crippen LogP contribution >= 0.6 is 0 Å². The van der Waals surface area contributed by atoms with E-state index in [1.54, 1.807) is 0 Å². The Balaban J connectivity index is 0.00000372. The van der Waals surface area contributed by atoms with Crippen LogP contribution in [0.2, 0.25) is 0 Å². The molecule has 226 valence electrons. The number of pyridine rings is 1. The van der Waals surface area contributed by atoms with Gasteiger partial charge in [-0.25, -0.2) is 4.98 Å². The maximum Gasteiger partial charge on any atom is 2.00 e. The van der Waals surface area contributed by atoms with E-state index < -0.39 is 0 Å². The van der Waals surface area contributed by atoms with Crippen molar-refractivity contribution in [3.63, 3.8) is 0 Å². The standard InChI is InChI=1S/C39H34N4O.Pt/c1-4-5-7-13-29-22-23-40-38(24-29)42-36-19-11-10-18-34(36)35-21-20-33(26-37(35)42)44-32-17-12-16-31(25-32)43-28(3)39(27(2)41-43)30-14-8-6-9-15-30;/h6,8-12,14-24H,4-5,7,13H2,1-3H3;/q-2;+2/i10D;. The van der Waals surface area contributed by atoms with Crippen LogP contribution in [0.15, 0.2) is 103 Å². The molecule has 0 spiro atoms. The SMILES string of the molecule is [2H]c1ccc2c(c1)c1ccc(Oc3[c-]c(-n4nc(C)c(-c5ccccc5)c4C)ccc3)[c-]c1n2-c1cc(CCCCC)ccn1.[Pt+2]. The molecule has 0 saturated heterocycles. The number of hydrogen-bond acceptors (Lipinski definition) is 3. The summed E-state index contributed by atoms with van der Waals surface area (Å²) in [6.45, 7) is 6.34. The zero-order chi connectivity index (χ0) is 30.9. The number of benzene rings is 4. The molecule has 0 radical (unpaired) electrons. The number of aromatic nitrogens is 4. The van der Waals surface area contributed by atoms with Gasteiger partial charge in [0.1, 0.15) is 5.82 Å². The topological polar surface area (TPSA) is 44.9 Å². The Kier molecular flexibility index (Phi) is 8.62. The number of fused-ring (bicyclic) bond motifs is 3. The van der Waals surface area contributed by atoms with Crippen molar-refractivity contribution in [2.24, 2.45) is 0 Å². The molecule has 7 rings (SSSR count). The largest absolute Gasteiger partial charge is 2.00 e. The first kappa shape index (κ1) is 29.3. The summed E-state index contributed by atoms with van der Waals surface area (Å²) in [5.74, 6) is 1.98. The summed E-state index contributed by atoms with van der Waals surface area (Å²) < 4.78 is 18.7. The van der Waals surface area contributed by atoms with E-state index in [2.05, 4.69) is 54.8 Å². The fraction of sp³-hybridized carbons (Fsp3) is 0.179. The number of hydrogen-bond donors (Lipinski definition) is 0. The molecular weight excluding hydrogens is 736 g/mol. The van der Waals surface area contributed by atoms with Crippen molar-refractivity contribution in [2.45, 2.75) is 46.5 Å². The Morgan fingerprint density at radius 2 is 1.69 bits per heavy atom. The third kappa shape index (κ3) is 5.97. The van der Waals surface area contributed by atoms with Gasteiger partial charge in [0.15, 0.2) is 0 Å². The maximum absolute atomic E-state index is 8.28. The second-order valence-corrected chi connectivity index (χ2v) is 11.2. The van der Waals surface area contributed by atoms with Gasteiger partial charge >= 0.3 is 21.1 Å². The van der Waals surface area contributed by atoms with Crippen LogP contribution < -0.4 is 4.74 Å². The summed E-state index contributed by atoms with van der Waals surface area (Å²) in [5.41, 5.74) is 8.18. The molecule has 3 aromatic heterocycles. The van der Waals surface area contributed by atoms with Crippen molar-refractivity contribution < 1.29 is 27.2 Å². The molecule has 0 bridgehead atoms. The van der Waals surface area contributed by atoms with E-state index in [9.17, 15) is 0 Å². The monoisotopic (exact) mass is 770 g/mol. The van der Waals surface area contributed by atoms with Crippen LogP contribution in [0.3, 0.4) is 0 Å². The number of rotatable bonds is 9. The van der Waals surface area contributed by atoms with Crippen LogP contribution in [0.1, 0.15) is 44.5 Å². The molecule has 0 fully saturated rings. The number of nitrogens with zero attached hydrogens (tertiary/aromatic N) is 4. The van der Waals surface area contributed by atoms with Gasteiger partial charge in [0.05, 0.1) is 7.06 Å². The second kappa shape index (κ2) is 13.3. The minimum Gasteiger partial charge on any atom is -0.509 e. The number of aryl methyl sites for hydroxylation is 2. The van der Waals surface area contributed by atoms with Crippen LogP contribution in [0.4, 0.5) is 0 Å². The van der Waals surface area contributed by atoms with E-state index in [1.165, 1.54) is 18.4 Å². The van der Waals surface area contributed by atoms with E-state index in [1.807, 2.05) is 84.5 Å². The average molecular weight is 771 g/mol. The molecule has 7 aromatic rings. The van der Waals surface area contributed by atoms with Crippen molar-refractivity contribution >= 4 is 21.8 Å². The zero-order valence-corrected chi connectivity index (χ0v) is 27.9. The molecular formula is C39H34N4OPt. The molecule has 0 unspecified atom stereocenters. The third-order valence-electron chi connectivity index (χ3n) is 8.16. The molecule has 0 aliphatic rings. The molecule has 0 saturated carbocycles. The van der Waals surface area contributed by atoms with E-state index >= 15 is 0 Å². The smallest absolute Gasteiger partial charge is 0.509 e. The Hall–Kier alpha value is -4.47. The van der Waals surface area contributed by atoms with Crippen molar-refractivity contribution in [1.82, 2.24) is 19.3 Å². The van der Waals surface area contributed by atoms with Crippen LogP contribution in [-0.4, -0.2) is 19.3 Å². The Morgan fingerprint density at radius 1 is 0.844 bits per heavy atom. The number of unbranched alkanes of at least 4 members (excludes halogenated alkanes) is 2. The van der Waals surface area contributed by atoms with Gasteiger partial charge in [0.2, 0.25) is 0 Å². The fourth-order valence-corrected chi connectivity index (χ4v) is 6.06. The Bertz CT molecular complexity index is 2150. The van der Waals surface area contributed by atoms with Gasteiger partial charge in [-0.05, 0) is 67.1 Å². The predicted octanol–water partition coefficient (Wildman–Crippen LogP) is 9.77. The van der Waals surface area contributed by atoms with Gasteiger partial charge in [-0.3, -0.25) is 4.68 Å². The van der Waals surface area contributed by atoms with E-state index in [0.717, 1.165) is 68.7 Å². The van der Waals surface area contributed by atoms with Crippen LogP contribution in [0, 0.1) is 26.0 Å². The predicted molar refractivity (Wildman–Crippen MR) is 178 cm³/mol. The second-order valence-electron chi connectivity index (χ2n) is 11.2. The van der Waals surface area contributed by atoms with Crippen LogP contribution in [0.25, 0.3) is 44.4 Å². The molecule has 3 heterocycles. The summed E-state index contributed by atoms with van der Waals surface area (Å²) >= 11 is 0. The Labute approximate surface area is 280 Å². The molecule has 6 heteroatoms. The summed E-state index contributed by atoms with van der Waals surface area (Å²) in [5, 5.41) is 6.84.